The van der Waals surface area contributed by atoms with Gasteiger partial charge in [0.2, 0.25) is 0 Å². The van der Waals surface area contributed by atoms with Crippen molar-refractivity contribution >= 4 is 0 Å². The van der Waals surface area contributed by atoms with Gasteiger partial charge in [0.25, 0.3) is 0 Å². The first-order valence-corrected chi connectivity index (χ1v) is 7.07. The van der Waals surface area contributed by atoms with Crippen LogP contribution in [0.2, 0.25) is 0 Å². The molecule has 2 atom stereocenters. The van der Waals surface area contributed by atoms with Crippen molar-refractivity contribution in [2.45, 2.75) is 45.3 Å². The number of likely N-dealkylation sites (tertiary alicyclic amines) is 1. The minimum atomic E-state index is -0.225. The topological polar surface area (TPSA) is 54.2 Å². The molecule has 1 fully saturated rings. The number of hydrogen-bond acceptors (Lipinski definition) is 4. The third-order valence-electron chi connectivity index (χ3n) is 4.17. The first-order valence-electron chi connectivity index (χ1n) is 7.07. The fourth-order valence-electron chi connectivity index (χ4n) is 3.05. The lowest BCUT2D eigenvalue weighted by atomic mass is 10.1. The number of aliphatic hydroxyl groups excluding tert-OH is 1. The molecule has 0 aliphatic carbocycles. The zero-order valence-electron chi connectivity index (χ0n) is 11.0. The SMILES string of the molecule is CCN1CCC(Cc2nc3n(n2)CCC(O)C3)C1. The Balaban J connectivity index is 1.64. The molecule has 3 heterocycles. The van der Waals surface area contributed by atoms with Gasteiger partial charge in [0.05, 0.1) is 6.10 Å². The number of hydrogen-bond donors (Lipinski definition) is 1. The van der Waals surface area contributed by atoms with Crippen LogP contribution >= 0.6 is 0 Å². The molecule has 3 rings (SSSR count). The number of fused-ring (bicyclic) bond motifs is 1. The van der Waals surface area contributed by atoms with Crippen LogP contribution in [0, 0.1) is 5.92 Å². The highest BCUT2D eigenvalue weighted by molar-refractivity contribution is 4.99. The van der Waals surface area contributed by atoms with E-state index in [1.807, 2.05) is 4.68 Å². The zero-order chi connectivity index (χ0) is 12.5. The third-order valence-corrected chi connectivity index (χ3v) is 4.17. The highest BCUT2D eigenvalue weighted by atomic mass is 16.3. The van der Waals surface area contributed by atoms with E-state index >= 15 is 0 Å². The predicted octanol–water partition coefficient (Wildman–Crippen LogP) is 0.469. The highest BCUT2D eigenvalue weighted by Gasteiger charge is 2.25. The van der Waals surface area contributed by atoms with Gasteiger partial charge in [-0.3, -0.25) is 0 Å². The highest BCUT2D eigenvalue weighted by Crippen LogP contribution is 2.20. The Kier molecular flexibility index (Phi) is 3.35. The van der Waals surface area contributed by atoms with Gasteiger partial charge < -0.3 is 10.0 Å². The van der Waals surface area contributed by atoms with E-state index in [1.54, 1.807) is 0 Å². The van der Waals surface area contributed by atoms with Gasteiger partial charge in [-0.1, -0.05) is 6.92 Å². The fourth-order valence-corrected chi connectivity index (χ4v) is 3.05. The van der Waals surface area contributed by atoms with E-state index in [4.69, 9.17) is 0 Å². The van der Waals surface area contributed by atoms with Crippen LogP contribution in [0.25, 0.3) is 0 Å². The molecule has 0 radical (unpaired) electrons. The van der Waals surface area contributed by atoms with Crippen molar-refractivity contribution in [2.24, 2.45) is 5.92 Å². The number of aryl methyl sites for hydroxylation is 1. The first kappa shape index (κ1) is 12.1. The summed E-state index contributed by atoms with van der Waals surface area (Å²) in [7, 11) is 0. The summed E-state index contributed by atoms with van der Waals surface area (Å²) in [5.41, 5.74) is 0. The molecule has 1 aromatic heterocycles. The minimum Gasteiger partial charge on any atom is -0.393 e. The van der Waals surface area contributed by atoms with Gasteiger partial charge in [0.1, 0.15) is 5.82 Å². The van der Waals surface area contributed by atoms with Crippen LogP contribution in [0.1, 0.15) is 31.4 Å². The largest absolute Gasteiger partial charge is 0.393 e. The molecule has 1 saturated heterocycles. The summed E-state index contributed by atoms with van der Waals surface area (Å²) in [6.45, 7) is 6.58. The van der Waals surface area contributed by atoms with Crippen molar-refractivity contribution in [3.8, 4) is 0 Å². The number of aliphatic hydroxyl groups is 1. The molecule has 1 aromatic rings. The van der Waals surface area contributed by atoms with E-state index in [0.29, 0.717) is 12.3 Å². The Hall–Kier alpha value is -0.940. The normalized spacial score (nSPS) is 28.6. The molecule has 18 heavy (non-hydrogen) atoms. The molecule has 0 spiro atoms. The van der Waals surface area contributed by atoms with Gasteiger partial charge in [-0.05, 0) is 31.8 Å². The van der Waals surface area contributed by atoms with E-state index in [-0.39, 0.29) is 6.10 Å². The van der Waals surface area contributed by atoms with Crippen LogP contribution in [-0.4, -0.2) is 50.5 Å². The Morgan fingerprint density at radius 1 is 1.33 bits per heavy atom. The van der Waals surface area contributed by atoms with E-state index in [9.17, 15) is 5.11 Å². The van der Waals surface area contributed by atoms with Crippen molar-refractivity contribution in [3.05, 3.63) is 11.6 Å². The van der Waals surface area contributed by atoms with Crippen LogP contribution in [0.4, 0.5) is 0 Å². The molecular formula is C13H22N4O. The van der Waals surface area contributed by atoms with E-state index in [1.165, 1.54) is 19.5 Å². The molecule has 100 valence electrons. The molecule has 2 unspecified atom stereocenters. The van der Waals surface area contributed by atoms with Crippen LogP contribution < -0.4 is 0 Å². The lowest BCUT2D eigenvalue weighted by Gasteiger charge is -2.16. The van der Waals surface area contributed by atoms with E-state index in [2.05, 4.69) is 21.9 Å². The zero-order valence-corrected chi connectivity index (χ0v) is 11.0. The summed E-state index contributed by atoms with van der Waals surface area (Å²) in [5, 5.41) is 14.2. The average molecular weight is 250 g/mol. The molecule has 2 aliphatic heterocycles. The van der Waals surface area contributed by atoms with Crippen molar-refractivity contribution < 1.29 is 5.11 Å². The van der Waals surface area contributed by atoms with Gasteiger partial charge >= 0.3 is 0 Å². The van der Waals surface area contributed by atoms with Gasteiger partial charge in [0.15, 0.2) is 5.82 Å². The smallest absolute Gasteiger partial charge is 0.151 e. The standard InChI is InChI=1S/C13H22N4O/c1-2-16-5-3-10(9-16)7-12-14-13-8-11(18)4-6-17(13)15-12/h10-11,18H,2-9H2,1H3. The van der Waals surface area contributed by atoms with Gasteiger partial charge in [-0.2, -0.15) is 5.10 Å². The van der Waals surface area contributed by atoms with Crippen LogP contribution in [0.5, 0.6) is 0 Å². The number of rotatable bonds is 3. The van der Waals surface area contributed by atoms with Crippen LogP contribution in [0.15, 0.2) is 0 Å². The Bertz CT molecular complexity index is 417. The van der Waals surface area contributed by atoms with Gasteiger partial charge in [-0.25, -0.2) is 9.67 Å². The quantitative estimate of drug-likeness (QED) is 0.847. The maximum absolute atomic E-state index is 9.63. The van der Waals surface area contributed by atoms with Crippen molar-refractivity contribution in [2.75, 3.05) is 19.6 Å². The molecule has 2 aliphatic rings. The molecule has 0 saturated carbocycles. The molecule has 5 nitrogen and oxygen atoms in total. The molecular weight excluding hydrogens is 228 g/mol. The molecule has 5 heteroatoms. The molecule has 1 N–H and O–H groups in total. The van der Waals surface area contributed by atoms with Crippen LogP contribution in [0.3, 0.4) is 0 Å². The minimum absolute atomic E-state index is 0.225. The van der Waals surface area contributed by atoms with Gasteiger partial charge in [0, 0.05) is 25.9 Å². The number of nitrogens with zero attached hydrogens (tertiary/aromatic N) is 4. The predicted molar refractivity (Wildman–Crippen MR) is 68.3 cm³/mol. The van der Waals surface area contributed by atoms with E-state index in [0.717, 1.165) is 37.6 Å². The van der Waals surface area contributed by atoms with Crippen molar-refractivity contribution in [1.82, 2.24) is 19.7 Å². The summed E-state index contributed by atoms with van der Waals surface area (Å²) in [6, 6.07) is 0. The lowest BCUT2D eigenvalue weighted by Crippen LogP contribution is -2.23. The summed E-state index contributed by atoms with van der Waals surface area (Å²) in [4.78, 5) is 7.08. The maximum Gasteiger partial charge on any atom is 0.151 e. The second-order valence-corrected chi connectivity index (χ2v) is 5.57. The monoisotopic (exact) mass is 250 g/mol. The van der Waals surface area contributed by atoms with E-state index < -0.39 is 0 Å². The molecule has 0 aromatic carbocycles. The molecule has 0 amide bonds. The Morgan fingerprint density at radius 2 is 2.22 bits per heavy atom. The summed E-state index contributed by atoms with van der Waals surface area (Å²) in [5.74, 6) is 2.65. The van der Waals surface area contributed by atoms with Crippen LogP contribution in [-0.2, 0) is 19.4 Å². The van der Waals surface area contributed by atoms with Gasteiger partial charge in [-0.15, -0.1) is 0 Å². The second kappa shape index (κ2) is 4.97. The maximum atomic E-state index is 9.63. The lowest BCUT2D eigenvalue weighted by molar-refractivity contribution is 0.138. The Labute approximate surface area is 108 Å². The van der Waals surface area contributed by atoms with Crippen molar-refractivity contribution in [3.63, 3.8) is 0 Å². The Morgan fingerprint density at radius 3 is 3.00 bits per heavy atom. The average Bonchev–Trinajstić information content (AvgIpc) is 2.95. The number of aromatic nitrogens is 3. The molecule has 0 bridgehead atoms. The summed E-state index contributed by atoms with van der Waals surface area (Å²) >= 11 is 0. The second-order valence-electron chi connectivity index (χ2n) is 5.57. The summed E-state index contributed by atoms with van der Waals surface area (Å²) in [6.07, 6.45) is 3.51. The third kappa shape index (κ3) is 2.42. The fraction of sp³-hybridized carbons (Fsp3) is 0.846. The first-order chi connectivity index (χ1) is 8.74. The van der Waals surface area contributed by atoms with Crippen molar-refractivity contribution in [1.29, 1.82) is 0 Å². The summed E-state index contributed by atoms with van der Waals surface area (Å²) < 4.78 is 1.98.